The third-order valence-corrected chi connectivity index (χ3v) is 10.3. The molecular weight excluding hydrogens is 722 g/mol. The number of hydrogen-bond donors (Lipinski definition) is 0. The zero-order valence-corrected chi connectivity index (χ0v) is 24.5. The molecule has 0 radical (unpaired) electrons. The minimum absolute atomic E-state index is 0.100. The van der Waals surface area contributed by atoms with Gasteiger partial charge in [-0.1, -0.05) is 78.9 Å². The summed E-state index contributed by atoms with van der Waals surface area (Å²) in [7, 11) is -1.48. The maximum atomic E-state index is 14.5. The summed E-state index contributed by atoms with van der Waals surface area (Å²) in [4.78, 5) is 0.100. The summed E-state index contributed by atoms with van der Waals surface area (Å²) in [6, 6.07) is 22.6. The van der Waals surface area contributed by atoms with Gasteiger partial charge in [-0.3, -0.25) is 0 Å². The molecule has 260 valence electrons. The average Bonchev–Trinajstić information content (AvgIpc) is 2.98. The van der Waals surface area contributed by atoms with Crippen LogP contribution in [0.25, 0.3) is 0 Å². The van der Waals surface area contributed by atoms with Crippen LogP contribution < -0.4 is 15.9 Å². The second-order valence-corrected chi connectivity index (χ2v) is 13.0. The normalized spacial score (nSPS) is 14.5. The number of benzene rings is 3. The van der Waals surface area contributed by atoms with Crippen LogP contribution in [0.15, 0.2) is 89.8 Å². The van der Waals surface area contributed by atoms with Crippen LogP contribution in [0, 0.1) is 0 Å². The Bertz CT molecular complexity index is 1450. The molecule has 3 aromatic carbocycles. The van der Waals surface area contributed by atoms with Crippen LogP contribution in [0.4, 0.5) is 74.6 Å². The topological polar surface area (TPSA) is 0 Å². The first-order valence-electron chi connectivity index (χ1n) is 12.6. The predicted molar refractivity (Wildman–Crippen MR) is 141 cm³/mol. The van der Waals surface area contributed by atoms with Crippen LogP contribution >= 0.6 is 19.7 Å². The molecule has 0 atom stereocenters. The van der Waals surface area contributed by atoms with Crippen molar-refractivity contribution in [2.24, 2.45) is 0 Å². The molecule has 19 heteroatoms. The van der Waals surface area contributed by atoms with Crippen molar-refractivity contribution >= 4 is 35.6 Å². The third kappa shape index (κ3) is 6.52. The number of halogens is 17. The number of rotatable bonds is 13. The summed E-state index contributed by atoms with van der Waals surface area (Å²) in [5.74, 6) is -57.6. The maximum absolute atomic E-state index is 14.5. The van der Waals surface area contributed by atoms with Gasteiger partial charge in [-0.05, 0) is 29.9 Å². The Balaban J connectivity index is 1.93. The molecule has 0 nitrogen and oxygen atoms in total. The summed E-state index contributed by atoms with van der Waals surface area (Å²) < 4.78 is 231. The van der Waals surface area contributed by atoms with E-state index in [9.17, 15) is 74.6 Å². The van der Waals surface area contributed by atoms with Gasteiger partial charge in [0.15, 0.2) is 0 Å². The molecule has 0 bridgehead atoms. The third-order valence-electron chi connectivity index (χ3n) is 6.60. The zero-order chi connectivity index (χ0) is 35.9. The quantitative estimate of drug-likeness (QED) is 0.0956. The monoisotopic (exact) mass is 740 g/mol. The zero-order valence-electron chi connectivity index (χ0n) is 22.8. The van der Waals surface area contributed by atoms with Crippen molar-refractivity contribution in [2.75, 3.05) is 5.75 Å². The lowest BCUT2D eigenvalue weighted by atomic mass is 9.88. The van der Waals surface area contributed by atoms with Crippen molar-refractivity contribution in [1.29, 1.82) is 0 Å². The fourth-order valence-corrected chi connectivity index (χ4v) is 7.75. The molecule has 0 unspecified atom stereocenters. The van der Waals surface area contributed by atoms with Gasteiger partial charge < -0.3 is 0 Å². The van der Waals surface area contributed by atoms with E-state index in [1.807, 2.05) is 0 Å². The first-order valence-corrected chi connectivity index (χ1v) is 15.0. The molecule has 0 saturated heterocycles. The van der Waals surface area contributed by atoms with Gasteiger partial charge in [-0.2, -0.15) is 74.6 Å². The summed E-state index contributed by atoms with van der Waals surface area (Å²) in [5.41, 5.74) is 0. The van der Waals surface area contributed by atoms with Crippen LogP contribution in [-0.4, -0.2) is 53.4 Å². The summed E-state index contributed by atoms with van der Waals surface area (Å²) in [6.45, 7) is 0. The summed E-state index contributed by atoms with van der Waals surface area (Å²) in [5, 5.41) is 1.83. The maximum Gasteiger partial charge on any atom is 0.460 e. The van der Waals surface area contributed by atoms with Crippen LogP contribution in [0.3, 0.4) is 0 Å². The Morgan fingerprint density at radius 1 is 0.426 bits per heavy atom. The highest BCUT2D eigenvalue weighted by atomic mass is 32.2. The predicted octanol–water partition coefficient (Wildman–Crippen LogP) is 9.94. The highest BCUT2D eigenvalue weighted by molar-refractivity contribution is 8.00. The number of alkyl halides is 17. The van der Waals surface area contributed by atoms with Gasteiger partial charge in [-0.15, -0.1) is 11.8 Å². The summed E-state index contributed by atoms with van der Waals surface area (Å²) >= 11 is 0.320. The van der Waals surface area contributed by atoms with Crippen molar-refractivity contribution < 1.29 is 74.6 Å². The van der Waals surface area contributed by atoms with Crippen molar-refractivity contribution in [3.63, 3.8) is 0 Å². The molecule has 0 aliphatic carbocycles. The van der Waals surface area contributed by atoms with E-state index >= 15 is 0 Å². The molecule has 0 N–H and O–H groups in total. The molecular formula is C28H18F17PS. The van der Waals surface area contributed by atoms with Crippen LogP contribution in [0.2, 0.25) is 0 Å². The van der Waals surface area contributed by atoms with E-state index in [1.54, 1.807) is 60.7 Å². The van der Waals surface area contributed by atoms with E-state index in [0.29, 0.717) is 27.7 Å². The van der Waals surface area contributed by atoms with Gasteiger partial charge in [0.1, 0.15) is 0 Å². The smallest absolute Gasteiger partial charge is 0.200 e. The summed E-state index contributed by atoms with van der Waals surface area (Å²) in [6.07, 6.45) is -10.3. The van der Waals surface area contributed by atoms with Gasteiger partial charge in [0.25, 0.3) is 0 Å². The van der Waals surface area contributed by atoms with Gasteiger partial charge >= 0.3 is 47.6 Å². The lowest BCUT2D eigenvalue weighted by Crippen LogP contribution is -2.74. The minimum atomic E-state index is -8.64. The van der Waals surface area contributed by atoms with Gasteiger partial charge in [-0.25, -0.2) is 0 Å². The first-order chi connectivity index (χ1) is 21.3. The highest BCUT2D eigenvalue weighted by Crippen LogP contribution is 2.64. The number of hydrogen-bond acceptors (Lipinski definition) is 1. The fraction of sp³-hybridized carbons (Fsp3) is 0.357. The second-order valence-electron chi connectivity index (χ2n) is 9.72. The Morgan fingerprint density at radius 3 is 1.21 bits per heavy atom. The lowest BCUT2D eigenvalue weighted by Gasteiger charge is -2.42. The van der Waals surface area contributed by atoms with E-state index in [-0.39, 0.29) is 4.90 Å². The van der Waals surface area contributed by atoms with Crippen LogP contribution in [0.1, 0.15) is 6.42 Å². The van der Waals surface area contributed by atoms with Crippen LogP contribution in [0.5, 0.6) is 0 Å². The highest BCUT2D eigenvalue weighted by Gasteiger charge is 2.95. The van der Waals surface area contributed by atoms with E-state index in [1.165, 1.54) is 24.3 Å². The van der Waals surface area contributed by atoms with Gasteiger partial charge in [0.05, 0.1) is 0 Å². The molecule has 0 spiro atoms. The van der Waals surface area contributed by atoms with E-state index < -0.39 is 67.7 Å². The van der Waals surface area contributed by atoms with E-state index in [2.05, 4.69) is 0 Å². The second kappa shape index (κ2) is 12.9. The SMILES string of the molecule is FC(F)(F)C(F)(F)C(F)(F)C(F)(F)C(F)(F)C(F)(F)C(F)(F)C(F)(F)CCSc1ccccc1P(c1ccccc1)c1ccccc1. The molecule has 47 heavy (non-hydrogen) atoms. The molecule has 0 heterocycles. The van der Waals surface area contributed by atoms with Gasteiger partial charge in [0.2, 0.25) is 0 Å². The molecule has 0 fully saturated rings. The standard InChI is InChI=1S/C28H18F17PS/c29-21(30,22(31,32)23(33,34)24(35,36)25(37,38)26(39,40)27(41,42)28(43,44)45)15-16-47-20-14-8-7-13-19(20)46(17-9-3-1-4-10-17)18-11-5-2-6-12-18/h1-14H,15-16H2. The van der Waals surface area contributed by atoms with Crippen molar-refractivity contribution in [3.8, 4) is 0 Å². The molecule has 0 aliphatic heterocycles. The van der Waals surface area contributed by atoms with Crippen molar-refractivity contribution in [3.05, 3.63) is 84.9 Å². The average molecular weight is 740 g/mol. The Labute approximate surface area is 260 Å². The van der Waals surface area contributed by atoms with E-state index in [0.717, 1.165) is 0 Å². The number of thioether (sulfide) groups is 1. The molecule has 0 aliphatic rings. The molecule has 0 saturated carbocycles. The van der Waals surface area contributed by atoms with Crippen LogP contribution in [-0.2, 0) is 0 Å². The molecule has 0 amide bonds. The van der Waals surface area contributed by atoms with Gasteiger partial charge in [0, 0.05) is 17.1 Å². The Hall–Kier alpha value is -2.75. The Kier molecular flexibility index (Phi) is 10.7. The molecule has 3 rings (SSSR count). The fourth-order valence-electron chi connectivity index (χ4n) is 3.99. The first kappa shape index (κ1) is 38.7. The van der Waals surface area contributed by atoms with E-state index in [4.69, 9.17) is 0 Å². The minimum Gasteiger partial charge on any atom is -0.200 e. The van der Waals surface area contributed by atoms with Crippen molar-refractivity contribution in [2.45, 2.75) is 59.0 Å². The van der Waals surface area contributed by atoms with Crippen molar-refractivity contribution in [1.82, 2.24) is 0 Å². The molecule has 0 aromatic heterocycles. The largest absolute Gasteiger partial charge is 0.460 e. The molecule has 3 aromatic rings. The Morgan fingerprint density at radius 2 is 0.787 bits per heavy atom. The lowest BCUT2D eigenvalue weighted by molar-refractivity contribution is -0.461.